The molecule has 1 saturated carbocycles. The first-order chi connectivity index (χ1) is 8.99. The second-order valence-corrected chi connectivity index (χ2v) is 4.59. The summed E-state index contributed by atoms with van der Waals surface area (Å²) in [7, 11) is 0. The summed E-state index contributed by atoms with van der Waals surface area (Å²) in [5.41, 5.74) is 0.713. The molecule has 1 aromatic carbocycles. The molecule has 100 valence electrons. The number of nitrogens with zero attached hydrogens (tertiary/aromatic N) is 1. The van der Waals surface area contributed by atoms with Gasteiger partial charge in [0.1, 0.15) is 0 Å². The van der Waals surface area contributed by atoms with Crippen LogP contribution in [0.1, 0.15) is 18.4 Å². The topological polar surface area (TPSA) is 92.5 Å². The molecule has 0 spiro atoms. The van der Waals surface area contributed by atoms with E-state index in [-0.39, 0.29) is 5.92 Å². The van der Waals surface area contributed by atoms with Crippen LogP contribution in [0.3, 0.4) is 0 Å². The fourth-order valence-electron chi connectivity index (χ4n) is 1.67. The molecule has 0 atom stereocenters. The second-order valence-electron chi connectivity index (χ2n) is 4.59. The van der Waals surface area contributed by atoms with Gasteiger partial charge in [-0.2, -0.15) is 0 Å². The van der Waals surface area contributed by atoms with E-state index in [1.54, 1.807) is 24.3 Å². The van der Waals surface area contributed by atoms with Crippen LogP contribution in [0.2, 0.25) is 0 Å². The number of benzene rings is 1. The van der Waals surface area contributed by atoms with Crippen LogP contribution in [0.25, 0.3) is 0 Å². The Balaban J connectivity index is 2.19. The van der Waals surface area contributed by atoms with E-state index in [4.69, 9.17) is 0 Å². The van der Waals surface area contributed by atoms with Crippen molar-refractivity contribution in [2.24, 2.45) is 5.92 Å². The van der Waals surface area contributed by atoms with Gasteiger partial charge in [-0.25, -0.2) is 0 Å². The van der Waals surface area contributed by atoms with Crippen molar-refractivity contribution < 1.29 is 14.8 Å². The zero-order valence-corrected chi connectivity index (χ0v) is 10.4. The van der Waals surface area contributed by atoms with Gasteiger partial charge in [-0.3, -0.25) is 14.9 Å². The van der Waals surface area contributed by atoms with E-state index in [0.29, 0.717) is 18.5 Å². The van der Waals surface area contributed by atoms with Crippen LogP contribution < -0.4 is 5.32 Å². The number of amides is 1. The molecule has 1 aliphatic rings. The molecule has 1 aliphatic carbocycles. The zero-order valence-electron chi connectivity index (χ0n) is 10.4. The zero-order chi connectivity index (χ0) is 14.0. The summed E-state index contributed by atoms with van der Waals surface area (Å²) < 4.78 is 0. The van der Waals surface area contributed by atoms with E-state index in [9.17, 15) is 20.0 Å². The molecule has 0 aromatic heterocycles. The van der Waals surface area contributed by atoms with Gasteiger partial charge in [0.15, 0.2) is 5.76 Å². The summed E-state index contributed by atoms with van der Waals surface area (Å²) in [6.07, 6.45) is 1.36. The number of rotatable bonds is 4. The summed E-state index contributed by atoms with van der Waals surface area (Å²) >= 11 is 0. The Morgan fingerprint density at radius 2 is 1.95 bits per heavy atom. The number of hydrogen-bond donors (Lipinski definition) is 2. The largest absolute Gasteiger partial charge is 0.505 e. The minimum atomic E-state index is -0.891. The molecule has 6 heteroatoms. The SMILES string of the molecule is Cc1ccc(NC(=O)/C(=C(\O)C2CC2)[N+](=O)[O-])cc1. The average Bonchev–Trinajstić information content (AvgIpc) is 3.15. The summed E-state index contributed by atoms with van der Waals surface area (Å²) in [5.74, 6) is -1.56. The predicted octanol–water partition coefficient (Wildman–Crippen LogP) is 2.39. The van der Waals surface area contributed by atoms with Gasteiger partial charge < -0.3 is 10.4 Å². The third-order valence-corrected chi connectivity index (χ3v) is 2.91. The average molecular weight is 262 g/mol. The third-order valence-electron chi connectivity index (χ3n) is 2.91. The maximum Gasteiger partial charge on any atom is 0.370 e. The smallest absolute Gasteiger partial charge is 0.370 e. The number of allylic oxidation sites excluding steroid dienone is 1. The van der Waals surface area contributed by atoms with Crippen molar-refractivity contribution in [3.8, 4) is 0 Å². The summed E-state index contributed by atoms with van der Waals surface area (Å²) in [6, 6.07) is 6.87. The Hall–Kier alpha value is -2.37. The molecule has 0 aliphatic heterocycles. The lowest BCUT2D eigenvalue weighted by Crippen LogP contribution is -2.22. The lowest BCUT2D eigenvalue weighted by Gasteiger charge is -2.05. The molecule has 1 amide bonds. The molecule has 2 N–H and O–H groups in total. The van der Waals surface area contributed by atoms with Crippen LogP contribution in [0.5, 0.6) is 0 Å². The lowest BCUT2D eigenvalue weighted by molar-refractivity contribution is -0.421. The van der Waals surface area contributed by atoms with E-state index < -0.39 is 22.3 Å². The molecule has 0 heterocycles. The van der Waals surface area contributed by atoms with Crippen LogP contribution >= 0.6 is 0 Å². The second kappa shape index (κ2) is 5.09. The van der Waals surface area contributed by atoms with Gasteiger partial charge in [0, 0.05) is 11.6 Å². The first-order valence-corrected chi connectivity index (χ1v) is 5.94. The van der Waals surface area contributed by atoms with Gasteiger partial charge in [-0.1, -0.05) is 17.7 Å². The molecular weight excluding hydrogens is 248 g/mol. The highest BCUT2D eigenvalue weighted by atomic mass is 16.6. The number of nitro groups is 1. The minimum Gasteiger partial charge on any atom is -0.505 e. The maximum atomic E-state index is 11.8. The summed E-state index contributed by atoms with van der Waals surface area (Å²) in [4.78, 5) is 21.9. The normalized spacial score (nSPS) is 15.6. The Bertz CT molecular complexity index is 544. The molecular formula is C13H14N2O4. The highest BCUT2D eigenvalue weighted by molar-refractivity contribution is 6.02. The van der Waals surface area contributed by atoms with E-state index >= 15 is 0 Å². The molecule has 0 bridgehead atoms. The van der Waals surface area contributed by atoms with E-state index in [0.717, 1.165) is 5.56 Å². The number of carbonyl (C=O) groups excluding carboxylic acids is 1. The third kappa shape index (κ3) is 3.09. The fourth-order valence-corrected chi connectivity index (χ4v) is 1.67. The maximum absolute atomic E-state index is 11.8. The van der Waals surface area contributed by atoms with Gasteiger partial charge >= 0.3 is 11.6 Å². The van der Waals surface area contributed by atoms with Crippen LogP contribution in [-0.2, 0) is 4.79 Å². The quantitative estimate of drug-likeness (QED) is 0.377. The number of anilines is 1. The van der Waals surface area contributed by atoms with E-state index in [1.807, 2.05) is 6.92 Å². The van der Waals surface area contributed by atoms with E-state index in [2.05, 4.69) is 5.32 Å². The first-order valence-electron chi connectivity index (χ1n) is 5.94. The Labute approximate surface area is 109 Å². The molecule has 0 radical (unpaired) electrons. The van der Waals surface area contributed by atoms with Crippen LogP contribution in [0.15, 0.2) is 35.7 Å². The Morgan fingerprint density at radius 3 is 2.42 bits per heavy atom. The number of aliphatic hydroxyl groups excluding tert-OH is 1. The van der Waals surface area contributed by atoms with Gasteiger partial charge in [0.05, 0.1) is 4.92 Å². The highest BCUT2D eigenvalue weighted by Gasteiger charge is 2.37. The number of aliphatic hydroxyl groups is 1. The molecule has 0 unspecified atom stereocenters. The lowest BCUT2D eigenvalue weighted by atomic mass is 10.2. The summed E-state index contributed by atoms with van der Waals surface area (Å²) in [5, 5.41) is 23.0. The van der Waals surface area contributed by atoms with Crippen molar-refractivity contribution in [1.82, 2.24) is 0 Å². The van der Waals surface area contributed by atoms with Crippen molar-refractivity contribution in [2.45, 2.75) is 19.8 Å². The highest BCUT2D eigenvalue weighted by Crippen LogP contribution is 2.36. The number of carbonyl (C=O) groups is 1. The molecule has 2 rings (SSSR count). The molecule has 1 fully saturated rings. The molecule has 6 nitrogen and oxygen atoms in total. The predicted molar refractivity (Wildman–Crippen MR) is 69.2 cm³/mol. The Kier molecular flexibility index (Phi) is 3.50. The van der Waals surface area contributed by atoms with Crippen LogP contribution in [0.4, 0.5) is 5.69 Å². The van der Waals surface area contributed by atoms with Crippen molar-refractivity contribution in [3.63, 3.8) is 0 Å². The van der Waals surface area contributed by atoms with Crippen molar-refractivity contribution in [3.05, 3.63) is 51.4 Å². The van der Waals surface area contributed by atoms with Gasteiger partial charge in [-0.15, -0.1) is 0 Å². The number of aryl methyl sites for hydroxylation is 1. The molecule has 19 heavy (non-hydrogen) atoms. The van der Waals surface area contributed by atoms with Crippen molar-refractivity contribution in [1.29, 1.82) is 0 Å². The summed E-state index contributed by atoms with van der Waals surface area (Å²) in [6.45, 7) is 1.90. The first kappa shape index (κ1) is 13.1. The van der Waals surface area contributed by atoms with Crippen molar-refractivity contribution >= 4 is 11.6 Å². The number of nitrogens with one attached hydrogen (secondary N) is 1. The van der Waals surface area contributed by atoms with Gasteiger partial charge in [0.25, 0.3) is 0 Å². The van der Waals surface area contributed by atoms with Gasteiger partial charge in [0.2, 0.25) is 0 Å². The van der Waals surface area contributed by atoms with Crippen LogP contribution in [0, 0.1) is 23.0 Å². The van der Waals surface area contributed by atoms with Crippen LogP contribution in [-0.4, -0.2) is 15.9 Å². The standard InChI is InChI=1S/C13H14N2O4/c1-8-2-6-10(7-3-8)14-13(17)11(15(18)19)12(16)9-4-5-9/h2-3,6-7,9,16H,4-5H2,1H3,(H,14,17)/b12-11+. The molecule has 1 aromatic rings. The van der Waals surface area contributed by atoms with Crippen molar-refractivity contribution in [2.75, 3.05) is 5.32 Å². The fraction of sp³-hybridized carbons (Fsp3) is 0.308. The minimum absolute atomic E-state index is 0.246. The monoisotopic (exact) mass is 262 g/mol. The Morgan fingerprint density at radius 1 is 1.37 bits per heavy atom. The van der Waals surface area contributed by atoms with E-state index in [1.165, 1.54) is 0 Å². The molecule has 0 saturated heterocycles. The number of hydrogen-bond acceptors (Lipinski definition) is 4. The van der Waals surface area contributed by atoms with Gasteiger partial charge in [-0.05, 0) is 31.9 Å².